The molecule has 0 aliphatic rings. The van der Waals surface area contributed by atoms with Gasteiger partial charge in [-0.2, -0.15) is 4.68 Å². The number of carbonyl (C=O) groups excluding carboxylic acids is 1. The molecule has 2 aromatic carbocycles. The van der Waals surface area contributed by atoms with Gasteiger partial charge in [0.15, 0.2) is 0 Å². The normalized spacial score (nSPS) is 10.6. The molecule has 0 saturated carbocycles. The van der Waals surface area contributed by atoms with Crippen LogP contribution in [0.5, 0.6) is 0 Å². The minimum absolute atomic E-state index is 0.0112. The molecule has 1 N–H and O–H groups in total. The summed E-state index contributed by atoms with van der Waals surface area (Å²) in [5.41, 5.74) is 2.90. The zero-order valence-electron chi connectivity index (χ0n) is 14.6. The molecule has 138 valence electrons. The molecule has 1 aromatic heterocycles. The number of nitro benzene ring substituents is 1. The van der Waals surface area contributed by atoms with E-state index in [-0.39, 0.29) is 23.0 Å². The maximum Gasteiger partial charge on any atom is 0.292 e. The summed E-state index contributed by atoms with van der Waals surface area (Å²) in [5.74, 6) is -0.373. The summed E-state index contributed by atoms with van der Waals surface area (Å²) in [4.78, 5) is 22.7. The molecule has 9 nitrogen and oxygen atoms in total. The zero-order chi connectivity index (χ0) is 19.4. The first-order valence-electron chi connectivity index (χ1n) is 7.98. The lowest BCUT2D eigenvalue weighted by atomic mass is 10.1. The fourth-order valence-corrected chi connectivity index (χ4v) is 3.11. The van der Waals surface area contributed by atoms with Gasteiger partial charge in [-0.15, -0.1) is 5.10 Å². The number of para-hydroxylation sites is 2. The van der Waals surface area contributed by atoms with Crippen LogP contribution in [0.3, 0.4) is 0 Å². The number of benzene rings is 2. The fourth-order valence-electron chi connectivity index (χ4n) is 2.42. The Labute approximate surface area is 158 Å². The first-order valence-corrected chi connectivity index (χ1v) is 8.96. The van der Waals surface area contributed by atoms with Crippen LogP contribution in [0, 0.1) is 24.0 Å². The Morgan fingerprint density at radius 1 is 1.26 bits per heavy atom. The standard InChI is InChI=1S/C17H16N6O3S/c1-11-7-8-12(2)15(9-11)22-17(19-20-21-22)27-10-16(24)18-13-5-3-4-6-14(13)23(25)26/h3-9H,10H2,1-2H3,(H,18,24). The van der Waals surface area contributed by atoms with E-state index in [0.29, 0.717) is 5.16 Å². The van der Waals surface area contributed by atoms with Crippen molar-refractivity contribution in [2.24, 2.45) is 0 Å². The second kappa shape index (κ2) is 7.96. The molecule has 0 spiro atoms. The zero-order valence-corrected chi connectivity index (χ0v) is 15.4. The van der Waals surface area contributed by atoms with Gasteiger partial charge in [-0.25, -0.2) is 0 Å². The maximum absolute atomic E-state index is 12.2. The number of nitro groups is 1. The van der Waals surface area contributed by atoms with Gasteiger partial charge in [0.1, 0.15) is 5.69 Å². The van der Waals surface area contributed by atoms with Crippen molar-refractivity contribution >= 4 is 29.0 Å². The quantitative estimate of drug-likeness (QED) is 0.394. The van der Waals surface area contributed by atoms with Crippen LogP contribution in [-0.2, 0) is 4.79 Å². The highest BCUT2D eigenvalue weighted by molar-refractivity contribution is 7.99. The topological polar surface area (TPSA) is 116 Å². The lowest BCUT2D eigenvalue weighted by Crippen LogP contribution is -2.15. The van der Waals surface area contributed by atoms with E-state index in [9.17, 15) is 14.9 Å². The van der Waals surface area contributed by atoms with Gasteiger partial charge in [0.05, 0.1) is 16.4 Å². The van der Waals surface area contributed by atoms with Crippen LogP contribution < -0.4 is 5.32 Å². The third-order valence-electron chi connectivity index (χ3n) is 3.74. The molecular weight excluding hydrogens is 368 g/mol. The summed E-state index contributed by atoms with van der Waals surface area (Å²) >= 11 is 1.15. The third kappa shape index (κ3) is 4.29. The smallest absolute Gasteiger partial charge is 0.292 e. The number of rotatable bonds is 6. The van der Waals surface area contributed by atoms with Crippen LogP contribution in [0.15, 0.2) is 47.6 Å². The highest BCUT2D eigenvalue weighted by Crippen LogP contribution is 2.25. The number of anilines is 1. The second-order valence-electron chi connectivity index (χ2n) is 5.77. The number of carbonyl (C=O) groups is 1. The molecule has 1 heterocycles. The minimum Gasteiger partial charge on any atom is -0.320 e. The number of nitrogens with one attached hydrogen (secondary N) is 1. The number of amides is 1. The van der Waals surface area contributed by atoms with Crippen molar-refractivity contribution in [1.29, 1.82) is 0 Å². The van der Waals surface area contributed by atoms with Crippen LogP contribution in [0.25, 0.3) is 5.69 Å². The van der Waals surface area contributed by atoms with Crippen LogP contribution in [0.1, 0.15) is 11.1 Å². The van der Waals surface area contributed by atoms with E-state index in [4.69, 9.17) is 0 Å². The number of hydrogen-bond acceptors (Lipinski definition) is 7. The molecule has 0 saturated heterocycles. The molecule has 1 amide bonds. The van der Waals surface area contributed by atoms with Gasteiger partial charge in [-0.1, -0.05) is 36.0 Å². The first-order chi connectivity index (χ1) is 13.0. The predicted molar refractivity (Wildman–Crippen MR) is 101 cm³/mol. The molecule has 27 heavy (non-hydrogen) atoms. The molecule has 0 unspecified atom stereocenters. The second-order valence-corrected chi connectivity index (χ2v) is 6.72. The summed E-state index contributed by atoms with van der Waals surface area (Å²) in [6.45, 7) is 3.92. The summed E-state index contributed by atoms with van der Waals surface area (Å²) in [6, 6.07) is 11.9. The highest BCUT2D eigenvalue weighted by atomic mass is 32.2. The van der Waals surface area contributed by atoms with Crippen LogP contribution in [0.4, 0.5) is 11.4 Å². The Balaban J connectivity index is 1.72. The number of thioether (sulfide) groups is 1. The molecule has 0 fully saturated rings. The van der Waals surface area contributed by atoms with Crippen LogP contribution in [-0.4, -0.2) is 36.8 Å². The average molecular weight is 384 g/mol. The lowest BCUT2D eigenvalue weighted by Gasteiger charge is -2.09. The van der Waals surface area contributed by atoms with Gasteiger partial charge in [-0.3, -0.25) is 14.9 Å². The largest absolute Gasteiger partial charge is 0.320 e. The van der Waals surface area contributed by atoms with Gasteiger partial charge in [0.25, 0.3) is 5.69 Å². The van der Waals surface area contributed by atoms with E-state index in [2.05, 4.69) is 20.8 Å². The van der Waals surface area contributed by atoms with Crippen molar-refractivity contribution in [3.05, 3.63) is 63.7 Å². The van der Waals surface area contributed by atoms with E-state index < -0.39 is 4.92 Å². The highest BCUT2D eigenvalue weighted by Gasteiger charge is 2.17. The van der Waals surface area contributed by atoms with Crippen molar-refractivity contribution in [3.8, 4) is 5.69 Å². The van der Waals surface area contributed by atoms with Gasteiger partial charge in [0, 0.05) is 6.07 Å². The Morgan fingerprint density at radius 2 is 2.04 bits per heavy atom. The fraction of sp³-hybridized carbons (Fsp3) is 0.176. The Bertz CT molecular complexity index is 1000. The Hall–Kier alpha value is -3.27. The monoisotopic (exact) mass is 384 g/mol. The SMILES string of the molecule is Cc1ccc(C)c(-n2nnnc2SCC(=O)Nc2ccccc2[N+](=O)[O-])c1. The molecule has 0 atom stereocenters. The van der Waals surface area contributed by atoms with E-state index in [1.807, 2.05) is 32.0 Å². The third-order valence-corrected chi connectivity index (χ3v) is 4.66. The van der Waals surface area contributed by atoms with Crippen molar-refractivity contribution in [2.45, 2.75) is 19.0 Å². The lowest BCUT2D eigenvalue weighted by molar-refractivity contribution is -0.383. The van der Waals surface area contributed by atoms with Gasteiger partial charge < -0.3 is 5.32 Å². The van der Waals surface area contributed by atoms with Crippen LogP contribution >= 0.6 is 11.8 Å². The Morgan fingerprint density at radius 3 is 2.81 bits per heavy atom. The van der Waals surface area contributed by atoms with E-state index in [1.165, 1.54) is 12.1 Å². The molecule has 3 rings (SSSR count). The summed E-state index contributed by atoms with van der Waals surface area (Å²) in [6.07, 6.45) is 0. The van der Waals surface area contributed by atoms with Crippen LogP contribution in [0.2, 0.25) is 0 Å². The predicted octanol–water partition coefficient (Wildman–Crippen LogP) is 2.92. The number of tetrazole rings is 1. The van der Waals surface area contributed by atoms with Gasteiger partial charge >= 0.3 is 0 Å². The molecule has 3 aromatic rings. The molecule has 0 radical (unpaired) electrons. The summed E-state index contributed by atoms with van der Waals surface area (Å²) in [7, 11) is 0. The van der Waals surface area contributed by atoms with E-state index in [1.54, 1.807) is 16.8 Å². The summed E-state index contributed by atoms with van der Waals surface area (Å²) in [5, 5.41) is 25.7. The van der Waals surface area contributed by atoms with Crippen molar-refractivity contribution in [1.82, 2.24) is 20.2 Å². The average Bonchev–Trinajstić information content (AvgIpc) is 3.10. The van der Waals surface area contributed by atoms with Crippen molar-refractivity contribution in [2.75, 3.05) is 11.1 Å². The van der Waals surface area contributed by atoms with E-state index >= 15 is 0 Å². The number of hydrogen-bond donors (Lipinski definition) is 1. The number of nitrogens with zero attached hydrogens (tertiary/aromatic N) is 5. The van der Waals surface area contributed by atoms with E-state index in [0.717, 1.165) is 28.6 Å². The number of aryl methyl sites for hydroxylation is 2. The minimum atomic E-state index is -0.538. The first kappa shape index (κ1) is 18.5. The number of aromatic nitrogens is 4. The van der Waals surface area contributed by atoms with Gasteiger partial charge in [-0.05, 0) is 47.5 Å². The van der Waals surface area contributed by atoms with Crippen molar-refractivity contribution < 1.29 is 9.72 Å². The maximum atomic E-state index is 12.2. The molecule has 0 aliphatic carbocycles. The van der Waals surface area contributed by atoms with Gasteiger partial charge in [0.2, 0.25) is 11.1 Å². The molecular formula is C17H16N6O3S. The molecule has 0 aliphatic heterocycles. The Kier molecular flexibility index (Phi) is 5.46. The molecule has 0 bridgehead atoms. The van der Waals surface area contributed by atoms with Crippen molar-refractivity contribution in [3.63, 3.8) is 0 Å². The summed E-state index contributed by atoms with van der Waals surface area (Å²) < 4.78 is 1.57. The molecule has 10 heteroatoms.